The molecule has 1 aliphatic heterocycles. The Hall–Kier alpha value is 0.400. The van der Waals surface area contributed by atoms with Crippen LogP contribution < -0.4 is 0 Å². The summed E-state index contributed by atoms with van der Waals surface area (Å²) in [5, 5.41) is 2.13. The van der Waals surface area contributed by atoms with Crippen molar-refractivity contribution in [1.29, 1.82) is 0 Å². The van der Waals surface area contributed by atoms with Crippen LogP contribution in [0.2, 0.25) is 0 Å². The van der Waals surface area contributed by atoms with E-state index in [0.29, 0.717) is 6.10 Å². The first kappa shape index (κ1) is 7.51. The lowest BCUT2D eigenvalue weighted by Gasteiger charge is -2.08. The predicted molar refractivity (Wildman–Crippen MR) is 44.6 cm³/mol. The van der Waals surface area contributed by atoms with Gasteiger partial charge in [-0.2, -0.15) is 0 Å². The molecule has 0 saturated carbocycles. The molecule has 1 atom stereocenters. The molecular formula is C6H10OS2. The van der Waals surface area contributed by atoms with Gasteiger partial charge in [-0.25, -0.2) is 0 Å². The van der Waals surface area contributed by atoms with Gasteiger partial charge >= 0.3 is 0 Å². The summed E-state index contributed by atoms with van der Waals surface area (Å²) >= 11 is 0. The number of hydrogen-bond donors (Lipinski definition) is 0. The zero-order valence-corrected chi connectivity index (χ0v) is 7.00. The maximum absolute atomic E-state index is 5.19. The summed E-state index contributed by atoms with van der Waals surface area (Å²) in [4.78, 5) is 0. The number of methoxy groups -OCH3 is 1. The minimum Gasteiger partial charge on any atom is -0.380 e. The average Bonchev–Trinajstić information content (AvgIpc) is 2.13. The van der Waals surface area contributed by atoms with Gasteiger partial charge in [0, 0.05) is 12.9 Å². The first-order chi connectivity index (χ1) is 4.43. The molecule has 0 amide bonds. The third-order valence-electron chi connectivity index (χ3n) is 1.21. The topological polar surface area (TPSA) is 9.23 Å². The summed E-state index contributed by atoms with van der Waals surface area (Å²) in [7, 11) is 5.42. The molecule has 1 nitrogen and oxygen atoms in total. The summed E-state index contributed by atoms with van der Waals surface area (Å²) in [6.07, 6.45) is 3.66. The van der Waals surface area contributed by atoms with Crippen molar-refractivity contribution in [3.05, 3.63) is 11.5 Å². The summed E-state index contributed by atoms with van der Waals surface area (Å²) < 4.78 is 5.19. The van der Waals surface area contributed by atoms with Crippen molar-refractivity contribution in [1.82, 2.24) is 0 Å². The Labute approximate surface area is 63.6 Å². The lowest BCUT2D eigenvalue weighted by molar-refractivity contribution is 0.125. The Morgan fingerprint density at radius 1 is 1.67 bits per heavy atom. The number of hydrogen-bond acceptors (Lipinski definition) is 3. The molecule has 0 aliphatic carbocycles. The van der Waals surface area contributed by atoms with E-state index in [1.165, 1.54) is 0 Å². The highest BCUT2D eigenvalue weighted by molar-refractivity contribution is 8.77. The van der Waals surface area contributed by atoms with Gasteiger partial charge in [0.25, 0.3) is 0 Å². The fourth-order valence-corrected chi connectivity index (χ4v) is 2.57. The van der Waals surface area contributed by atoms with E-state index >= 15 is 0 Å². The largest absolute Gasteiger partial charge is 0.380 e. The Bertz CT molecular complexity index is 103. The zero-order chi connectivity index (χ0) is 6.53. The molecule has 52 valence electrons. The lowest BCUT2D eigenvalue weighted by Crippen LogP contribution is -2.10. The van der Waals surface area contributed by atoms with Crippen molar-refractivity contribution in [3.8, 4) is 0 Å². The van der Waals surface area contributed by atoms with Gasteiger partial charge in [0.05, 0.1) is 6.10 Å². The molecule has 1 heterocycles. The standard InChI is InChI=1S/C6H10OS2/c1-7-6-3-2-4-8-9-5-6/h2,4,6H,3,5H2,1H3. The SMILES string of the molecule is COC1CC=CSSC1. The quantitative estimate of drug-likeness (QED) is 0.547. The van der Waals surface area contributed by atoms with E-state index < -0.39 is 0 Å². The first-order valence-electron chi connectivity index (χ1n) is 2.89. The molecule has 0 aromatic rings. The molecule has 9 heavy (non-hydrogen) atoms. The minimum absolute atomic E-state index is 0.432. The molecule has 3 heteroatoms. The van der Waals surface area contributed by atoms with E-state index in [-0.39, 0.29) is 0 Å². The predicted octanol–water partition coefficient (Wildman–Crippen LogP) is 2.30. The van der Waals surface area contributed by atoms with Crippen LogP contribution in [0.3, 0.4) is 0 Å². The summed E-state index contributed by atoms with van der Waals surface area (Å²) in [6.45, 7) is 0. The van der Waals surface area contributed by atoms with Gasteiger partial charge in [-0.3, -0.25) is 0 Å². The van der Waals surface area contributed by atoms with E-state index in [1.807, 2.05) is 10.8 Å². The van der Waals surface area contributed by atoms with E-state index in [2.05, 4.69) is 11.5 Å². The fraction of sp³-hybridized carbons (Fsp3) is 0.667. The van der Waals surface area contributed by atoms with Crippen molar-refractivity contribution < 1.29 is 4.74 Å². The van der Waals surface area contributed by atoms with Gasteiger partial charge in [0.2, 0.25) is 0 Å². The molecule has 0 spiro atoms. The van der Waals surface area contributed by atoms with Crippen molar-refractivity contribution in [2.45, 2.75) is 12.5 Å². The molecule has 1 unspecified atom stereocenters. The van der Waals surface area contributed by atoms with Crippen LogP contribution in [0.5, 0.6) is 0 Å². The summed E-state index contributed by atoms with van der Waals surface area (Å²) in [6, 6.07) is 0. The van der Waals surface area contributed by atoms with Crippen LogP contribution in [0.1, 0.15) is 6.42 Å². The second kappa shape index (κ2) is 4.25. The molecular weight excluding hydrogens is 152 g/mol. The van der Waals surface area contributed by atoms with Gasteiger partial charge in [0.15, 0.2) is 0 Å². The van der Waals surface area contributed by atoms with Crippen LogP contribution in [-0.2, 0) is 4.74 Å². The second-order valence-electron chi connectivity index (χ2n) is 1.85. The molecule has 1 rings (SSSR count). The van der Waals surface area contributed by atoms with Gasteiger partial charge in [-0.05, 0) is 11.8 Å². The summed E-state index contributed by atoms with van der Waals surface area (Å²) in [5.41, 5.74) is 0. The van der Waals surface area contributed by atoms with Gasteiger partial charge in [-0.1, -0.05) is 27.7 Å². The minimum atomic E-state index is 0.432. The molecule has 0 radical (unpaired) electrons. The highest BCUT2D eigenvalue weighted by atomic mass is 33.1. The number of ether oxygens (including phenoxy) is 1. The van der Waals surface area contributed by atoms with E-state index in [4.69, 9.17) is 4.74 Å². The lowest BCUT2D eigenvalue weighted by atomic mass is 10.3. The van der Waals surface area contributed by atoms with Crippen molar-refractivity contribution in [3.63, 3.8) is 0 Å². The average molecular weight is 162 g/mol. The third kappa shape index (κ3) is 2.65. The van der Waals surface area contributed by atoms with Crippen molar-refractivity contribution in [2.24, 2.45) is 0 Å². The Kier molecular flexibility index (Phi) is 3.55. The Balaban J connectivity index is 2.29. The third-order valence-corrected chi connectivity index (χ3v) is 3.30. The van der Waals surface area contributed by atoms with Crippen molar-refractivity contribution >= 4 is 21.6 Å². The van der Waals surface area contributed by atoms with Gasteiger partial charge < -0.3 is 4.74 Å². The molecule has 1 aliphatic rings. The van der Waals surface area contributed by atoms with Crippen LogP contribution in [0, 0.1) is 0 Å². The van der Waals surface area contributed by atoms with E-state index in [0.717, 1.165) is 12.2 Å². The zero-order valence-electron chi connectivity index (χ0n) is 5.37. The van der Waals surface area contributed by atoms with Crippen LogP contribution in [0.4, 0.5) is 0 Å². The molecule has 0 aromatic heterocycles. The summed E-state index contributed by atoms with van der Waals surface area (Å²) in [5.74, 6) is 1.11. The van der Waals surface area contributed by atoms with E-state index in [9.17, 15) is 0 Å². The first-order valence-corrected chi connectivity index (χ1v) is 5.28. The Morgan fingerprint density at radius 3 is 3.33 bits per heavy atom. The van der Waals surface area contributed by atoms with Gasteiger partial charge in [-0.15, -0.1) is 0 Å². The maximum Gasteiger partial charge on any atom is 0.0704 e. The molecule has 0 saturated heterocycles. The monoisotopic (exact) mass is 162 g/mol. The normalized spacial score (nSPS) is 27.9. The molecule has 0 fully saturated rings. The van der Waals surface area contributed by atoms with Crippen LogP contribution >= 0.6 is 21.6 Å². The van der Waals surface area contributed by atoms with Crippen LogP contribution in [0.25, 0.3) is 0 Å². The highest BCUT2D eigenvalue weighted by Crippen LogP contribution is 2.27. The number of rotatable bonds is 1. The Morgan fingerprint density at radius 2 is 2.56 bits per heavy atom. The molecule has 0 N–H and O–H groups in total. The maximum atomic E-state index is 5.19. The van der Waals surface area contributed by atoms with Crippen LogP contribution in [0.15, 0.2) is 11.5 Å². The van der Waals surface area contributed by atoms with Crippen molar-refractivity contribution in [2.75, 3.05) is 12.9 Å². The van der Waals surface area contributed by atoms with Crippen LogP contribution in [-0.4, -0.2) is 19.0 Å². The fourth-order valence-electron chi connectivity index (χ4n) is 0.633. The second-order valence-corrected chi connectivity index (χ2v) is 4.16. The smallest absolute Gasteiger partial charge is 0.0704 e. The van der Waals surface area contributed by atoms with E-state index in [1.54, 1.807) is 17.9 Å². The molecule has 0 aromatic carbocycles. The molecule has 0 bridgehead atoms. The highest BCUT2D eigenvalue weighted by Gasteiger charge is 2.06. The van der Waals surface area contributed by atoms with Gasteiger partial charge in [0.1, 0.15) is 0 Å².